The quantitative estimate of drug-likeness (QED) is 0.714. The summed E-state index contributed by atoms with van der Waals surface area (Å²) in [5, 5.41) is 0. The normalized spacial score (nSPS) is 20.9. The van der Waals surface area contributed by atoms with Gasteiger partial charge in [0.2, 0.25) is 5.91 Å². The first-order valence-corrected chi connectivity index (χ1v) is 7.91. The van der Waals surface area contributed by atoms with Crippen LogP contribution in [0.3, 0.4) is 0 Å². The summed E-state index contributed by atoms with van der Waals surface area (Å²) in [7, 11) is 0. The van der Waals surface area contributed by atoms with Crippen LogP contribution in [0.5, 0.6) is 0 Å². The fourth-order valence-electron chi connectivity index (χ4n) is 2.97. The van der Waals surface area contributed by atoms with E-state index in [0.717, 1.165) is 25.8 Å². The van der Waals surface area contributed by atoms with E-state index in [0.29, 0.717) is 11.9 Å². The van der Waals surface area contributed by atoms with Gasteiger partial charge in [0.05, 0.1) is 0 Å². The Morgan fingerprint density at radius 2 is 1.58 bits per heavy atom. The molecule has 0 radical (unpaired) electrons. The van der Waals surface area contributed by atoms with Gasteiger partial charge in [0.1, 0.15) is 0 Å². The highest BCUT2D eigenvalue weighted by molar-refractivity contribution is 5.76. The Labute approximate surface area is 119 Å². The summed E-state index contributed by atoms with van der Waals surface area (Å²) in [4.78, 5) is 14.7. The largest absolute Gasteiger partial charge is 0.339 e. The van der Waals surface area contributed by atoms with E-state index >= 15 is 0 Å². The van der Waals surface area contributed by atoms with E-state index in [9.17, 15) is 4.79 Å². The maximum atomic E-state index is 12.5. The van der Waals surface area contributed by atoms with Crippen molar-refractivity contribution in [1.29, 1.82) is 0 Å². The van der Waals surface area contributed by atoms with Crippen LogP contribution in [-0.2, 0) is 4.79 Å². The van der Waals surface area contributed by atoms with Gasteiger partial charge in [-0.25, -0.2) is 0 Å². The van der Waals surface area contributed by atoms with Crippen LogP contribution in [0.25, 0.3) is 0 Å². The van der Waals surface area contributed by atoms with Crippen LogP contribution in [0, 0.1) is 10.8 Å². The van der Waals surface area contributed by atoms with Gasteiger partial charge in [-0.2, -0.15) is 0 Å². The SMILES string of the molecule is CC(C)(C)CC(N1CCCCCCC1=O)C(C)(C)C. The molecule has 1 amide bonds. The molecule has 1 aliphatic rings. The van der Waals surface area contributed by atoms with E-state index in [1.54, 1.807) is 0 Å². The predicted molar refractivity (Wildman–Crippen MR) is 82.1 cm³/mol. The molecule has 2 heteroatoms. The van der Waals surface area contributed by atoms with Gasteiger partial charge in [-0.05, 0) is 30.1 Å². The molecule has 1 heterocycles. The predicted octanol–water partition coefficient (Wildman–Crippen LogP) is 4.63. The van der Waals surface area contributed by atoms with Crippen molar-refractivity contribution < 1.29 is 4.79 Å². The summed E-state index contributed by atoms with van der Waals surface area (Å²) in [5.74, 6) is 0.379. The zero-order valence-electron chi connectivity index (χ0n) is 13.9. The summed E-state index contributed by atoms with van der Waals surface area (Å²) >= 11 is 0. The minimum absolute atomic E-state index is 0.155. The van der Waals surface area contributed by atoms with Gasteiger partial charge in [-0.1, -0.05) is 54.4 Å². The van der Waals surface area contributed by atoms with Crippen molar-refractivity contribution in [2.75, 3.05) is 6.54 Å². The number of nitrogens with zero attached hydrogens (tertiary/aromatic N) is 1. The van der Waals surface area contributed by atoms with Gasteiger partial charge in [0.15, 0.2) is 0 Å². The number of hydrogen-bond acceptors (Lipinski definition) is 1. The second kappa shape index (κ2) is 6.28. The first kappa shape index (κ1) is 16.5. The number of likely N-dealkylation sites (tertiary alicyclic amines) is 1. The van der Waals surface area contributed by atoms with Crippen molar-refractivity contribution in [3.63, 3.8) is 0 Å². The molecule has 0 aromatic carbocycles. The maximum Gasteiger partial charge on any atom is 0.222 e. The average molecular weight is 267 g/mol. The van der Waals surface area contributed by atoms with E-state index in [4.69, 9.17) is 0 Å². The van der Waals surface area contributed by atoms with Crippen molar-refractivity contribution in [3.8, 4) is 0 Å². The average Bonchev–Trinajstić information content (AvgIpc) is 2.19. The van der Waals surface area contributed by atoms with Crippen molar-refractivity contribution in [2.45, 2.75) is 86.1 Å². The Morgan fingerprint density at radius 3 is 2.11 bits per heavy atom. The standard InChI is InChI=1S/C17H33NO/c1-16(2,3)13-14(17(4,5)6)18-12-10-8-7-9-11-15(18)19/h14H,7-13H2,1-6H3. The molecule has 0 saturated carbocycles. The second-order valence-corrected chi connectivity index (χ2v) is 8.40. The molecule has 0 aromatic rings. The highest BCUT2D eigenvalue weighted by Gasteiger charge is 2.35. The number of amides is 1. The molecule has 0 spiro atoms. The van der Waals surface area contributed by atoms with E-state index in [1.165, 1.54) is 19.3 Å². The van der Waals surface area contributed by atoms with Crippen LogP contribution in [0.2, 0.25) is 0 Å². The molecule has 19 heavy (non-hydrogen) atoms. The maximum absolute atomic E-state index is 12.5. The molecule has 2 nitrogen and oxygen atoms in total. The monoisotopic (exact) mass is 267 g/mol. The molecule has 1 atom stereocenters. The third kappa shape index (κ3) is 5.54. The molecule has 1 fully saturated rings. The molecule has 1 unspecified atom stereocenters. The van der Waals surface area contributed by atoms with Gasteiger partial charge in [-0.15, -0.1) is 0 Å². The highest BCUT2D eigenvalue weighted by atomic mass is 16.2. The van der Waals surface area contributed by atoms with E-state index in [1.807, 2.05) is 0 Å². The molecule has 0 aliphatic carbocycles. The lowest BCUT2D eigenvalue weighted by Crippen LogP contribution is -2.49. The zero-order chi connectivity index (χ0) is 14.7. The molecule has 1 saturated heterocycles. The minimum atomic E-state index is 0.155. The molecule has 0 bridgehead atoms. The molecule has 0 aromatic heterocycles. The first-order chi connectivity index (χ1) is 8.61. The number of carbonyl (C=O) groups excluding carboxylic acids is 1. The van der Waals surface area contributed by atoms with Crippen LogP contribution in [0.1, 0.15) is 80.1 Å². The van der Waals surface area contributed by atoms with Crippen molar-refractivity contribution in [1.82, 2.24) is 4.90 Å². The molecule has 112 valence electrons. The Bertz CT molecular complexity index is 295. The Kier molecular flexibility index (Phi) is 5.46. The lowest BCUT2D eigenvalue weighted by atomic mass is 9.75. The van der Waals surface area contributed by atoms with Gasteiger partial charge in [-0.3, -0.25) is 4.79 Å². The van der Waals surface area contributed by atoms with Crippen LogP contribution >= 0.6 is 0 Å². The summed E-state index contributed by atoms with van der Waals surface area (Å²) in [6, 6.07) is 0.359. The van der Waals surface area contributed by atoms with Crippen LogP contribution < -0.4 is 0 Å². The van der Waals surface area contributed by atoms with Crippen molar-refractivity contribution in [3.05, 3.63) is 0 Å². The van der Waals surface area contributed by atoms with Crippen LogP contribution in [0.4, 0.5) is 0 Å². The summed E-state index contributed by atoms with van der Waals surface area (Å²) in [5.41, 5.74) is 0.419. The molecular formula is C17H33NO. The summed E-state index contributed by atoms with van der Waals surface area (Å²) in [6.45, 7) is 14.6. The smallest absolute Gasteiger partial charge is 0.222 e. The first-order valence-electron chi connectivity index (χ1n) is 7.91. The summed E-state index contributed by atoms with van der Waals surface area (Å²) in [6.07, 6.45) is 6.57. The van der Waals surface area contributed by atoms with E-state index < -0.39 is 0 Å². The topological polar surface area (TPSA) is 20.3 Å². The third-order valence-electron chi connectivity index (χ3n) is 4.04. The Morgan fingerprint density at radius 1 is 1.00 bits per heavy atom. The van der Waals surface area contributed by atoms with Gasteiger partial charge in [0.25, 0.3) is 0 Å². The van der Waals surface area contributed by atoms with Crippen LogP contribution in [0.15, 0.2) is 0 Å². The van der Waals surface area contributed by atoms with Gasteiger partial charge < -0.3 is 4.90 Å². The zero-order valence-corrected chi connectivity index (χ0v) is 13.9. The van der Waals surface area contributed by atoms with Gasteiger partial charge in [0, 0.05) is 19.0 Å². The molecular weight excluding hydrogens is 234 g/mol. The van der Waals surface area contributed by atoms with Gasteiger partial charge >= 0.3 is 0 Å². The van der Waals surface area contributed by atoms with E-state index in [2.05, 4.69) is 46.4 Å². The fourth-order valence-corrected chi connectivity index (χ4v) is 2.97. The third-order valence-corrected chi connectivity index (χ3v) is 4.04. The fraction of sp³-hybridized carbons (Fsp3) is 0.941. The molecule has 0 N–H and O–H groups in total. The lowest BCUT2D eigenvalue weighted by Gasteiger charge is -2.44. The molecule has 1 aliphatic heterocycles. The van der Waals surface area contributed by atoms with Crippen molar-refractivity contribution >= 4 is 5.91 Å². The highest BCUT2D eigenvalue weighted by Crippen LogP contribution is 2.35. The summed E-state index contributed by atoms with van der Waals surface area (Å²) < 4.78 is 0. The number of rotatable bonds is 2. The molecule has 1 rings (SSSR count). The lowest BCUT2D eigenvalue weighted by molar-refractivity contribution is -0.137. The minimum Gasteiger partial charge on any atom is -0.339 e. The number of hydrogen-bond donors (Lipinski definition) is 0. The Balaban J connectivity index is 2.90. The second-order valence-electron chi connectivity index (χ2n) is 8.40. The van der Waals surface area contributed by atoms with E-state index in [-0.39, 0.29) is 10.8 Å². The number of carbonyl (C=O) groups is 1. The van der Waals surface area contributed by atoms with Crippen molar-refractivity contribution in [2.24, 2.45) is 10.8 Å². The Hall–Kier alpha value is -0.530. The van der Waals surface area contributed by atoms with Crippen LogP contribution in [-0.4, -0.2) is 23.4 Å².